The van der Waals surface area contributed by atoms with Crippen molar-refractivity contribution in [2.45, 2.75) is 37.4 Å². The fraction of sp³-hybridized carbons (Fsp3) is 1.00. The monoisotopic (exact) mass is 172 g/mol. The number of hydrogen-bond donors (Lipinski definition) is 2. The van der Waals surface area contributed by atoms with E-state index in [1.165, 1.54) is 6.42 Å². The van der Waals surface area contributed by atoms with E-state index in [2.05, 4.69) is 10.6 Å². The SMILES string of the molecule is FC1CNC2(CCCNCC2)C1. The molecule has 1 spiro atoms. The summed E-state index contributed by atoms with van der Waals surface area (Å²) in [6.07, 6.45) is 3.53. The van der Waals surface area contributed by atoms with Crippen molar-refractivity contribution in [2.24, 2.45) is 0 Å². The van der Waals surface area contributed by atoms with E-state index >= 15 is 0 Å². The highest BCUT2D eigenvalue weighted by Gasteiger charge is 2.38. The van der Waals surface area contributed by atoms with Crippen molar-refractivity contribution in [3.05, 3.63) is 0 Å². The van der Waals surface area contributed by atoms with Crippen LogP contribution in [0.5, 0.6) is 0 Å². The molecule has 2 atom stereocenters. The first-order valence-electron chi connectivity index (χ1n) is 4.91. The van der Waals surface area contributed by atoms with Crippen molar-refractivity contribution in [1.29, 1.82) is 0 Å². The van der Waals surface area contributed by atoms with Crippen molar-refractivity contribution >= 4 is 0 Å². The Morgan fingerprint density at radius 1 is 1.25 bits per heavy atom. The van der Waals surface area contributed by atoms with Crippen LogP contribution in [-0.4, -0.2) is 31.3 Å². The predicted molar refractivity (Wildman–Crippen MR) is 47.0 cm³/mol. The lowest BCUT2D eigenvalue weighted by atomic mass is 9.89. The summed E-state index contributed by atoms with van der Waals surface area (Å²) in [4.78, 5) is 0. The molecule has 2 N–H and O–H groups in total. The summed E-state index contributed by atoms with van der Waals surface area (Å²) in [7, 11) is 0. The van der Waals surface area contributed by atoms with Crippen LogP contribution in [0.2, 0.25) is 0 Å². The number of hydrogen-bond acceptors (Lipinski definition) is 2. The molecule has 2 aliphatic heterocycles. The van der Waals surface area contributed by atoms with Gasteiger partial charge in [0, 0.05) is 12.1 Å². The molecular formula is C9H17FN2. The van der Waals surface area contributed by atoms with Crippen LogP contribution in [0.15, 0.2) is 0 Å². The molecule has 2 unspecified atom stereocenters. The molecule has 2 rings (SSSR count). The second-order valence-corrected chi connectivity index (χ2v) is 4.07. The van der Waals surface area contributed by atoms with Crippen molar-refractivity contribution in [1.82, 2.24) is 10.6 Å². The highest BCUT2D eigenvalue weighted by atomic mass is 19.1. The van der Waals surface area contributed by atoms with Gasteiger partial charge in [-0.1, -0.05) is 0 Å². The van der Waals surface area contributed by atoms with E-state index in [9.17, 15) is 4.39 Å². The van der Waals surface area contributed by atoms with Crippen LogP contribution in [0.3, 0.4) is 0 Å². The zero-order valence-electron chi connectivity index (χ0n) is 7.41. The Balaban J connectivity index is 1.98. The molecule has 0 aliphatic carbocycles. The second-order valence-electron chi connectivity index (χ2n) is 4.07. The van der Waals surface area contributed by atoms with Gasteiger partial charge >= 0.3 is 0 Å². The molecule has 0 aromatic carbocycles. The molecule has 12 heavy (non-hydrogen) atoms. The summed E-state index contributed by atoms with van der Waals surface area (Å²) < 4.78 is 13.0. The lowest BCUT2D eigenvalue weighted by Gasteiger charge is -2.27. The van der Waals surface area contributed by atoms with Crippen LogP contribution in [0.1, 0.15) is 25.7 Å². The van der Waals surface area contributed by atoms with Crippen LogP contribution in [-0.2, 0) is 0 Å². The van der Waals surface area contributed by atoms with Gasteiger partial charge in [-0.05, 0) is 38.8 Å². The first-order chi connectivity index (χ1) is 5.81. The Morgan fingerprint density at radius 3 is 2.92 bits per heavy atom. The molecule has 0 amide bonds. The minimum absolute atomic E-state index is 0.142. The van der Waals surface area contributed by atoms with Gasteiger partial charge in [0.05, 0.1) is 0 Å². The molecule has 2 aliphatic rings. The third kappa shape index (κ3) is 1.62. The normalized spacial score (nSPS) is 43.2. The third-order valence-corrected chi connectivity index (χ3v) is 3.10. The molecule has 3 heteroatoms. The highest BCUT2D eigenvalue weighted by Crippen LogP contribution is 2.30. The van der Waals surface area contributed by atoms with Gasteiger partial charge in [0.2, 0.25) is 0 Å². The molecule has 2 nitrogen and oxygen atoms in total. The maximum Gasteiger partial charge on any atom is 0.114 e. The standard InChI is InChI=1S/C9H17FN2/c10-8-6-9(12-7-8)2-1-4-11-5-3-9/h8,11-12H,1-7H2. The van der Waals surface area contributed by atoms with Crippen molar-refractivity contribution in [3.63, 3.8) is 0 Å². The predicted octanol–water partition coefficient (Wildman–Crippen LogP) is 0.830. The number of alkyl halides is 1. The van der Waals surface area contributed by atoms with E-state index in [-0.39, 0.29) is 5.54 Å². The molecule has 2 fully saturated rings. The lowest BCUT2D eigenvalue weighted by Crippen LogP contribution is -2.40. The molecule has 2 saturated heterocycles. The fourth-order valence-electron chi connectivity index (χ4n) is 2.41. The summed E-state index contributed by atoms with van der Waals surface area (Å²) in [5.74, 6) is 0. The molecule has 0 bridgehead atoms. The van der Waals surface area contributed by atoms with Crippen LogP contribution in [0.25, 0.3) is 0 Å². The average molecular weight is 172 g/mol. The fourth-order valence-corrected chi connectivity index (χ4v) is 2.41. The van der Waals surface area contributed by atoms with Crippen LogP contribution >= 0.6 is 0 Å². The smallest absolute Gasteiger partial charge is 0.114 e. The number of nitrogens with one attached hydrogen (secondary N) is 2. The summed E-state index contributed by atoms with van der Waals surface area (Å²) in [6.45, 7) is 2.71. The Morgan fingerprint density at radius 2 is 2.17 bits per heavy atom. The Labute approximate surface area is 72.9 Å². The molecule has 2 heterocycles. The Hall–Kier alpha value is -0.150. The van der Waals surface area contributed by atoms with E-state index < -0.39 is 6.17 Å². The van der Waals surface area contributed by atoms with Gasteiger partial charge in [-0.15, -0.1) is 0 Å². The molecular weight excluding hydrogens is 155 g/mol. The van der Waals surface area contributed by atoms with Gasteiger partial charge in [0.1, 0.15) is 6.17 Å². The summed E-state index contributed by atoms with van der Waals surface area (Å²) in [5.41, 5.74) is 0.142. The number of halogens is 1. The summed E-state index contributed by atoms with van der Waals surface area (Å²) >= 11 is 0. The molecule has 0 radical (unpaired) electrons. The molecule has 0 aromatic heterocycles. The first-order valence-corrected chi connectivity index (χ1v) is 4.91. The van der Waals surface area contributed by atoms with E-state index in [4.69, 9.17) is 0 Å². The largest absolute Gasteiger partial charge is 0.317 e. The average Bonchev–Trinajstić information content (AvgIpc) is 2.30. The van der Waals surface area contributed by atoms with Gasteiger partial charge in [-0.2, -0.15) is 0 Å². The maximum absolute atomic E-state index is 13.0. The zero-order chi connectivity index (χ0) is 8.44. The highest BCUT2D eigenvalue weighted by molar-refractivity contribution is 4.98. The van der Waals surface area contributed by atoms with Crippen LogP contribution in [0, 0.1) is 0 Å². The number of rotatable bonds is 0. The van der Waals surface area contributed by atoms with Crippen LogP contribution in [0.4, 0.5) is 4.39 Å². The maximum atomic E-state index is 13.0. The summed E-state index contributed by atoms with van der Waals surface area (Å²) in [5, 5.41) is 6.70. The van der Waals surface area contributed by atoms with Crippen molar-refractivity contribution < 1.29 is 4.39 Å². The minimum Gasteiger partial charge on any atom is -0.317 e. The van der Waals surface area contributed by atoms with Crippen LogP contribution < -0.4 is 10.6 Å². The van der Waals surface area contributed by atoms with Gasteiger partial charge in [0.15, 0.2) is 0 Å². The minimum atomic E-state index is -0.608. The lowest BCUT2D eigenvalue weighted by molar-refractivity contribution is 0.297. The van der Waals surface area contributed by atoms with Gasteiger partial charge in [0.25, 0.3) is 0 Å². The molecule has 0 saturated carbocycles. The quantitative estimate of drug-likeness (QED) is 0.565. The van der Waals surface area contributed by atoms with Gasteiger partial charge in [-0.3, -0.25) is 0 Å². The van der Waals surface area contributed by atoms with Crippen molar-refractivity contribution in [3.8, 4) is 0 Å². The Bertz CT molecular complexity index is 153. The zero-order valence-corrected chi connectivity index (χ0v) is 7.41. The molecule has 0 aromatic rings. The first kappa shape index (κ1) is 8.45. The topological polar surface area (TPSA) is 24.1 Å². The second kappa shape index (κ2) is 3.30. The Kier molecular flexibility index (Phi) is 2.33. The van der Waals surface area contributed by atoms with Crippen molar-refractivity contribution in [2.75, 3.05) is 19.6 Å². The van der Waals surface area contributed by atoms with Gasteiger partial charge < -0.3 is 10.6 Å². The van der Waals surface area contributed by atoms with E-state index in [1.807, 2.05) is 0 Å². The van der Waals surface area contributed by atoms with E-state index in [0.29, 0.717) is 6.54 Å². The molecule has 70 valence electrons. The third-order valence-electron chi connectivity index (χ3n) is 3.10. The van der Waals surface area contributed by atoms with Gasteiger partial charge in [-0.25, -0.2) is 4.39 Å². The summed E-state index contributed by atoms with van der Waals surface area (Å²) in [6, 6.07) is 0. The van der Waals surface area contributed by atoms with E-state index in [0.717, 1.165) is 32.4 Å². The van der Waals surface area contributed by atoms with E-state index in [1.54, 1.807) is 0 Å².